The highest BCUT2D eigenvalue weighted by molar-refractivity contribution is 5.73. The molecule has 0 radical (unpaired) electrons. The summed E-state index contributed by atoms with van der Waals surface area (Å²) in [5, 5.41) is 8.59. The molecule has 64 valence electrons. The number of rotatable bonds is 4. The van der Waals surface area contributed by atoms with Gasteiger partial charge in [-0.2, -0.15) is 0 Å². The van der Waals surface area contributed by atoms with E-state index in [1.165, 1.54) is 0 Å². The summed E-state index contributed by atoms with van der Waals surface area (Å²) < 4.78 is 5.28. The molecule has 0 bridgehead atoms. The summed E-state index contributed by atoms with van der Waals surface area (Å²) in [6, 6.07) is 0. The Balaban J connectivity index is 2.25. The van der Waals surface area contributed by atoms with Crippen molar-refractivity contribution in [2.45, 2.75) is 26.4 Å². The Kier molecular flexibility index (Phi) is 2.49. The molecule has 0 aromatic rings. The van der Waals surface area contributed by atoms with Crippen LogP contribution in [0.1, 0.15) is 20.3 Å². The maximum Gasteiger partial charge on any atom is 0.306 e. The zero-order valence-electron chi connectivity index (χ0n) is 6.91. The zero-order chi connectivity index (χ0) is 8.43. The van der Waals surface area contributed by atoms with Gasteiger partial charge in [0.15, 0.2) is 0 Å². The first-order valence-electron chi connectivity index (χ1n) is 4.01. The van der Waals surface area contributed by atoms with Gasteiger partial charge in [-0.3, -0.25) is 4.79 Å². The molecule has 1 aliphatic carbocycles. The van der Waals surface area contributed by atoms with E-state index in [1.54, 1.807) is 0 Å². The van der Waals surface area contributed by atoms with Crippen molar-refractivity contribution in [1.29, 1.82) is 0 Å². The first kappa shape index (κ1) is 8.53. The van der Waals surface area contributed by atoms with E-state index < -0.39 is 5.97 Å². The topological polar surface area (TPSA) is 46.5 Å². The Hall–Kier alpha value is -0.570. The molecule has 0 aromatic carbocycles. The smallest absolute Gasteiger partial charge is 0.306 e. The monoisotopic (exact) mass is 158 g/mol. The van der Waals surface area contributed by atoms with Crippen LogP contribution in [0.4, 0.5) is 0 Å². The molecule has 3 atom stereocenters. The molecule has 3 heteroatoms. The van der Waals surface area contributed by atoms with Gasteiger partial charge in [0.2, 0.25) is 0 Å². The average molecular weight is 158 g/mol. The third-order valence-electron chi connectivity index (χ3n) is 2.19. The van der Waals surface area contributed by atoms with Crippen molar-refractivity contribution in [3.8, 4) is 0 Å². The highest BCUT2D eigenvalue weighted by atomic mass is 16.5. The fraction of sp³-hybridized carbons (Fsp3) is 0.875. The van der Waals surface area contributed by atoms with Crippen LogP contribution < -0.4 is 0 Å². The molecule has 0 aromatic heterocycles. The molecule has 1 unspecified atom stereocenters. The minimum atomic E-state index is -0.679. The van der Waals surface area contributed by atoms with Crippen molar-refractivity contribution in [1.82, 2.24) is 0 Å². The van der Waals surface area contributed by atoms with Crippen molar-refractivity contribution in [2.24, 2.45) is 11.8 Å². The highest BCUT2D eigenvalue weighted by Gasteiger charge is 2.46. The molecule has 11 heavy (non-hydrogen) atoms. The van der Waals surface area contributed by atoms with E-state index in [0.29, 0.717) is 6.61 Å². The van der Waals surface area contributed by atoms with Crippen molar-refractivity contribution >= 4 is 5.97 Å². The third-order valence-corrected chi connectivity index (χ3v) is 2.19. The molecule has 0 spiro atoms. The third kappa shape index (κ3) is 1.93. The molecular weight excluding hydrogens is 144 g/mol. The molecule has 1 aliphatic rings. The first-order chi connectivity index (χ1) is 5.16. The maximum atomic E-state index is 10.4. The van der Waals surface area contributed by atoms with Gasteiger partial charge in [-0.15, -0.1) is 0 Å². The van der Waals surface area contributed by atoms with Crippen LogP contribution in [0.15, 0.2) is 0 Å². The minimum absolute atomic E-state index is 0.112. The van der Waals surface area contributed by atoms with Crippen LogP contribution in [-0.4, -0.2) is 23.8 Å². The number of carbonyl (C=O) groups is 1. The predicted molar refractivity (Wildman–Crippen MR) is 40.3 cm³/mol. The van der Waals surface area contributed by atoms with Gasteiger partial charge in [0.1, 0.15) is 0 Å². The lowest BCUT2D eigenvalue weighted by molar-refractivity contribution is -0.139. The van der Waals surface area contributed by atoms with Crippen LogP contribution in [-0.2, 0) is 9.53 Å². The molecule has 0 aliphatic heterocycles. The summed E-state index contributed by atoms with van der Waals surface area (Å²) in [5.74, 6) is -0.564. The summed E-state index contributed by atoms with van der Waals surface area (Å²) in [4.78, 5) is 10.4. The molecule has 0 saturated heterocycles. The summed E-state index contributed by atoms with van der Waals surface area (Å²) in [6.07, 6.45) is 0.900. The van der Waals surface area contributed by atoms with E-state index in [4.69, 9.17) is 9.84 Å². The molecule has 3 nitrogen and oxygen atoms in total. The largest absolute Gasteiger partial charge is 0.481 e. The molecular formula is C8H14O3. The van der Waals surface area contributed by atoms with E-state index in [0.717, 1.165) is 6.42 Å². The lowest BCUT2D eigenvalue weighted by atomic mass is 10.2. The Morgan fingerprint density at radius 2 is 2.45 bits per heavy atom. The number of carboxylic acid groups (broad SMARTS) is 1. The number of carboxylic acids is 1. The minimum Gasteiger partial charge on any atom is -0.481 e. The molecule has 1 N–H and O–H groups in total. The van der Waals surface area contributed by atoms with Gasteiger partial charge in [0, 0.05) is 6.61 Å². The number of hydrogen-bond donors (Lipinski definition) is 1. The van der Waals surface area contributed by atoms with Crippen molar-refractivity contribution in [2.75, 3.05) is 6.61 Å². The summed E-state index contributed by atoms with van der Waals surface area (Å²) >= 11 is 0. The van der Waals surface area contributed by atoms with Gasteiger partial charge in [0.25, 0.3) is 0 Å². The summed E-state index contributed by atoms with van der Waals surface area (Å²) in [7, 11) is 0. The molecule has 0 amide bonds. The second kappa shape index (κ2) is 3.22. The fourth-order valence-corrected chi connectivity index (χ4v) is 1.40. The molecule has 0 heterocycles. The van der Waals surface area contributed by atoms with E-state index >= 15 is 0 Å². The number of aliphatic carboxylic acids is 1. The Bertz CT molecular complexity index is 155. The van der Waals surface area contributed by atoms with E-state index in [1.807, 2.05) is 13.8 Å². The van der Waals surface area contributed by atoms with Gasteiger partial charge < -0.3 is 9.84 Å². The Morgan fingerprint density at radius 1 is 1.82 bits per heavy atom. The fourth-order valence-electron chi connectivity index (χ4n) is 1.40. The summed E-state index contributed by atoms with van der Waals surface area (Å²) in [5.41, 5.74) is 0. The van der Waals surface area contributed by atoms with Crippen LogP contribution in [0.3, 0.4) is 0 Å². The van der Waals surface area contributed by atoms with E-state index in [-0.39, 0.29) is 17.9 Å². The maximum absolute atomic E-state index is 10.4. The van der Waals surface area contributed by atoms with Crippen molar-refractivity contribution in [3.63, 3.8) is 0 Å². The summed E-state index contributed by atoms with van der Waals surface area (Å²) in [6.45, 7) is 4.54. The van der Waals surface area contributed by atoms with Gasteiger partial charge >= 0.3 is 5.97 Å². The number of hydrogen-bond acceptors (Lipinski definition) is 2. The van der Waals surface area contributed by atoms with Crippen LogP contribution >= 0.6 is 0 Å². The lowest BCUT2D eigenvalue weighted by Crippen LogP contribution is -2.14. The van der Waals surface area contributed by atoms with Gasteiger partial charge in [0.05, 0.1) is 12.0 Å². The van der Waals surface area contributed by atoms with Crippen LogP contribution in [0.5, 0.6) is 0 Å². The van der Waals surface area contributed by atoms with Gasteiger partial charge in [-0.1, -0.05) is 0 Å². The standard InChI is InChI=1S/C8H14O3/c1-3-11-5(2)6-4-7(6)8(9)10/h5-7H,3-4H2,1-2H3,(H,9,10)/t5?,6-,7+/m0/s1. The van der Waals surface area contributed by atoms with Crippen LogP contribution in [0, 0.1) is 11.8 Å². The van der Waals surface area contributed by atoms with Gasteiger partial charge in [-0.05, 0) is 26.2 Å². The first-order valence-corrected chi connectivity index (χ1v) is 4.01. The van der Waals surface area contributed by atoms with Crippen molar-refractivity contribution < 1.29 is 14.6 Å². The lowest BCUT2D eigenvalue weighted by Gasteiger charge is -2.09. The normalized spacial score (nSPS) is 31.5. The van der Waals surface area contributed by atoms with E-state index in [2.05, 4.69) is 0 Å². The second-order valence-electron chi connectivity index (χ2n) is 3.00. The average Bonchev–Trinajstić information content (AvgIpc) is 2.65. The zero-order valence-corrected chi connectivity index (χ0v) is 6.91. The molecule has 1 fully saturated rings. The number of ether oxygens (including phenoxy) is 1. The molecule has 1 rings (SSSR count). The van der Waals surface area contributed by atoms with Crippen LogP contribution in [0.2, 0.25) is 0 Å². The van der Waals surface area contributed by atoms with E-state index in [9.17, 15) is 4.79 Å². The van der Waals surface area contributed by atoms with Crippen LogP contribution in [0.25, 0.3) is 0 Å². The Morgan fingerprint density at radius 3 is 2.82 bits per heavy atom. The Labute approximate surface area is 66.4 Å². The second-order valence-corrected chi connectivity index (χ2v) is 3.00. The SMILES string of the molecule is CCOC(C)[C@@H]1C[C@H]1C(=O)O. The van der Waals surface area contributed by atoms with Crippen molar-refractivity contribution in [3.05, 3.63) is 0 Å². The quantitative estimate of drug-likeness (QED) is 0.667. The predicted octanol–water partition coefficient (Wildman–Crippen LogP) is 1.13. The molecule has 1 saturated carbocycles. The van der Waals surface area contributed by atoms with Gasteiger partial charge in [-0.25, -0.2) is 0 Å². The highest BCUT2D eigenvalue weighted by Crippen LogP contribution is 2.42.